The number of oxime groups is 1. The predicted molar refractivity (Wildman–Crippen MR) is 360 cm³/mol. The topological polar surface area (TPSA) is 496 Å². The van der Waals surface area contributed by atoms with Gasteiger partial charge in [0, 0.05) is 60.9 Å². The number of carbonyl (C=O) groups excluding carboxylic acids is 13. The molecule has 4 heterocycles. The summed E-state index contributed by atoms with van der Waals surface area (Å²) in [4.78, 5) is 189. The standard InChI is InChI=1S/C66H95N13O19S2/c1-37(2)26-46-60(90)72-48(31-55(85)86)62(92)77-56(38(3)80)66(96)79-23-11-14-52(79)64(94)74-47(30-39-15-17-42(81)18-16-39)61(91)71-45(19-20-54(83)84)59(89)75-49(57(68)87)35-99-33-40-27-41-29-43(28-40)97-24-8-4-5-9-25-98-69-32-53(82)70-44(12-6-7-21-67)58(88)76-50(36-100-34-41)65(95)78-22-10-13-51(78)63(93)73-46/h15-18,27-29,32,37-38,44-52,56,80-81H,4-14,19-26,30-31,33-36,67H2,1-3H3,(H2,68,87)(H,70,82)(H,71,91)(H,72,90)(H,73,93)(H,74,94)(H,75,89)(H,76,88)(H,77,92)(H,83,84)(H,85,86)/p-1/b69-32+/t38-,44+,45+,46+,47+,48+,49+,50+,51+,52+,56+/m1/s1. The fourth-order valence-electron chi connectivity index (χ4n) is 11.8. The van der Waals surface area contributed by atoms with Crippen LogP contribution < -0.4 is 69.0 Å². The highest BCUT2D eigenvalue weighted by Crippen LogP contribution is 2.28. The highest BCUT2D eigenvalue weighted by molar-refractivity contribution is 7.98. The van der Waals surface area contributed by atoms with Gasteiger partial charge in [0.05, 0.1) is 19.3 Å². The van der Waals surface area contributed by atoms with Crippen molar-refractivity contribution >= 4 is 107 Å². The number of ether oxygens (including phenoxy) is 1. The van der Waals surface area contributed by atoms with E-state index >= 15 is 4.79 Å². The first-order valence-electron chi connectivity index (χ1n) is 33.8. The minimum absolute atomic E-state index is 0.0246. The van der Waals surface area contributed by atoms with Crippen LogP contribution in [0.1, 0.15) is 134 Å². The number of thioether (sulfide) groups is 2. The monoisotopic (exact) mass is 1440 g/mol. The van der Waals surface area contributed by atoms with Gasteiger partial charge >= 0.3 is 0 Å². The van der Waals surface area contributed by atoms with Crippen LogP contribution in [0, 0.1) is 5.92 Å². The molecule has 2 aromatic carbocycles. The van der Waals surface area contributed by atoms with Gasteiger partial charge < -0.3 is 103 Å². The van der Waals surface area contributed by atoms with Crippen LogP contribution in [-0.4, -0.2) is 214 Å². The Morgan fingerprint density at radius 1 is 0.640 bits per heavy atom. The highest BCUT2D eigenvalue weighted by Gasteiger charge is 2.43. The van der Waals surface area contributed by atoms with E-state index in [0.29, 0.717) is 67.7 Å². The van der Waals surface area contributed by atoms with Gasteiger partial charge in [0.25, 0.3) is 5.91 Å². The first-order chi connectivity index (χ1) is 47.7. The average Bonchev–Trinajstić information content (AvgIpc) is 1.57. The number of nitrogens with two attached hydrogens (primary N) is 1. The van der Waals surface area contributed by atoms with Crippen LogP contribution >= 0.6 is 23.5 Å². The number of phenolic OH excluding ortho intramolecular Hbond substituents is 1. The largest absolute Gasteiger partial charge is 0.550 e. The molecular weight excluding hydrogens is 1340 g/mol. The average molecular weight is 1440 g/mol. The predicted octanol–water partition coefficient (Wildman–Crippen LogP) is -4.08. The third-order valence-electron chi connectivity index (χ3n) is 17.0. The van der Waals surface area contributed by atoms with Crippen molar-refractivity contribution in [3.05, 3.63) is 59.2 Å². The molecule has 15 N–H and O–H groups in total. The molecular formula is C66H94N13O19S2-. The van der Waals surface area contributed by atoms with E-state index in [4.69, 9.17) is 15.3 Å². The van der Waals surface area contributed by atoms with Crippen LogP contribution in [0.3, 0.4) is 0 Å². The molecule has 550 valence electrons. The van der Waals surface area contributed by atoms with E-state index in [1.54, 1.807) is 26.0 Å². The molecule has 4 bridgehead atoms. The molecule has 2 fully saturated rings. The summed E-state index contributed by atoms with van der Waals surface area (Å²) >= 11 is 2.42. The molecule has 0 radical (unpaired) electrons. The number of aliphatic hydroxyl groups is 1. The van der Waals surface area contributed by atoms with Crippen molar-refractivity contribution in [2.24, 2.45) is 16.8 Å². The Morgan fingerprint density at radius 3 is 1.81 bits per heavy atom. The zero-order valence-corrected chi connectivity index (χ0v) is 58.1. The van der Waals surface area contributed by atoms with Gasteiger partial charge in [0.1, 0.15) is 84.7 Å². The number of rotatable bonds is 15. The van der Waals surface area contributed by atoms with Crippen LogP contribution in [0.5, 0.6) is 11.5 Å². The van der Waals surface area contributed by atoms with Crippen molar-refractivity contribution in [3.8, 4) is 11.5 Å². The number of nitrogens with zero attached hydrogens (tertiary/aromatic N) is 3. The molecule has 0 unspecified atom stereocenters. The molecule has 100 heavy (non-hydrogen) atoms. The number of fused-ring (bicyclic) bond motifs is 7. The van der Waals surface area contributed by atoms with E-state index in [0.717, 1.165) is 30.9 Å². The lowest BCUT2D eigenvalue weighted by molar-refractivity contribution is -0.368. The van der Waals surface area contributed by atoms with Crippen LogP contribution in [0.2, 0.25) is 0 Å². The molecule has 4 aliphatic heterocycles. The number of unbranched alkanes of at least 4 members (excludes halogenated alkanes) is 1. The quantitative estimate of drug-likeness (QED) is 0.0755. The van der Waals surface area contributed by atoms with Crippen LogP contribution in [-0.2, 0) is 85.1 Å². The molecule has 0 aliphatic carbocycles. The fraction of sp³-hybridized carbons (Fsp3) is 0.606. The maximum absolute atomic E-state index is 15.1. The van der Waals surface area contributed by atoms with E-state index in [9.17, 15) is 78.0 Å². The number of hydrogen-bond acceptors (Lipinski definition) is 22. The Balaban J connectivity index is 1.42. The van der Waals surface area contributed by atoms with Crippen LogP contribution in [0.15, 0.2) is 47.6 Å². The van der Waals surface area contributed by atoms with Gasteiger partial charge in [-0.05, 0) is 144 Å². The summed E-state index contributed by atoms with van der Waals surface area (Å²) in [5.41, 5.74) is 11.5. The number of carbonyl (C=O) groups is 13. The van der Waals surface area contributed by atoms with Crippen molar-refractivity contribution < 1.29 is 98.1 Å². The molecule has 11 amide bonds. The molecule has 0 saturated carbocycles. The summed E-state index contributed by atoms with van der Waals surface area (Å²) in [7, 11) is 0. The van der Waals surface area contributed by atoms with Gasteiger partial charge in [-0.1, -0.05) is 37.2 Å². The lowest BCUT2D eigenvalue weighted by Gasteiger charge is -2.32. The van der Waals surface area contributed by atoms with Crippen molar-refractivity contribution in [2.45, 2.75) is 202 Å². The number of carboxylic acids is 2. The minimum atomic E-state index is -2.02. The first kappa shape index (κ1) is 80.2. The molecule has 0 aromatic heterocycles. The molecule has 32 nitrogen and oxygen atoms in total. The second-order valence-corrected chi connectivity index (χ2v) is 27.7. The number of aromatic hydroxyl groups is 1. The number of aliphatic carboxylic acids is 2. The molecule has 2 aromatic rings. The number of phenols is 1. The van der Waals surface area contributed by atoms with E-state index in [2.05, 4.69) is 53.4 Å². The highest BCUT2D eigenvalue weighted by atomic mass is 32.2. The molecule has 34 heteroatoms. The zero-order valence-electron chi connectivity index (χ0n) is 56.5. The fourth-order valence-corrected chi connectivity index (χ4v) is 13.8. The second kappa shape index (κ2) is 40.5. The van der Waals surface area contributed by atoms with Crippen molar-refractivity contribution in [1.29, 1.82) is 0 Å². The zero-order chi connectivity index (χ0) is 73.0. The van der Waals surface area contributed by atoms with Crippen LogP contribution in [0.4, 0.5) is 0 Å². The SMILES string of the molecule is CC(C)C[C@@H]1NC(=O)[C@@H]2CCCN2C(=O)[C@@H]2CSCc3cc(cc(c3)OCCCCCCO/N=C/C(=O)N[C@@H](CCCC[NH3+])C(=O)N2)CSC[C@@H](C(N)=O)NC(=O)[C@H](CCC(=O)[O-])NC(=O)[C@H](Cc2ccc(O)cc2)NC(=O)[C@@H]2CCCN2C(=O)[C@H]([C@@H](C)O)NC(=O)[C@H](CC(=O)[O-])NC1=O. The van der Waals surface area contributed by atoms with E-state index in [1.165, 1.54) is 52.7 Å². The number of carboxylic acid groups (broad SMARTS) is 2. The lowest BCUT2D eigenvalue weighted by Crippen LogP contribution is -2.62. The normalized spacial score (nSPS) is 26.1. The smallest absolute Gasteiger partial charge is 0.266 e. The summed E-state index contributed by atoms with van der Waals surface area (Å²) in [6.45, 7) is 5.47. The Hall–Kier alpha value is -8.76. The maximum Gasteiger partial charge on any atom is 0.266 e. The maximum atomic E-state index is 15.1. The third-order valence-corrected chi connectivity index (χ3v) is 19.2. The molecule has 6 rings (SSSR count). The number of nitrogens with one attached hydrogen (secondary N) is 8. The van der Waals surface area contributed by atoms with Gasteiger partial charge in [0.2, 0.25) is 59.1 Å². The van der Waals surface area contributed by atoms with E-state index < -0.39 is 163 Å². The number of benzene rings is 2. The Kier molecular flexibility index (Phi) is 32.5. The second-order valence-electron chi connectivity index (χ2n) is 25.6. The molecule has 11 atom stereocenters. The first-order valence-corrected chi connectivity index (χ1v) is 36.1. The molecule has 2 saturated heterocycles. The van der Waals surface area contributed by atoms with Crippen molar-refractivity contribution in [1.82, 2.24) is 52.3 Å². The molecule has 0 spiro atoms. The lowest BCUT2D eigenvalue weighted by atomic mass is 10.0. The van der Waals surface area contributed by atoms with Crippen molar-refractivity contribution in [3.63, 3.8) is 0 Å². The van der Waals surface area contributed by atoms with Crippen molar-refractivity contribution in [2.75, 3.05) is 44.4 Å². The Bertz CT molecular complexity index is 3240. The van der Waals surface area contributed by atoms with Gasteiger partial charge in [-0.3, -0.25) is 52.7 Å². The van der Waals surface area contributed by atoms with Gasteiger partial charge in [-0.25, -0.2) is 0 Å². The van der Waals surface area contributed by atoms with Gasteiger partial charge in [0.15, 0.2) is 0 Å². The molecule has 4 aliphatic rings. The van der Waals surface area contributed by atoms with Crippen LogP contribution in [0.25, 0.3) is 0 Å². The third kappa shape index (κ3) is 25.8. The number of quaternary nitrogens is 1. The summed E-state index contributed by atoms with van der Waals surface area (Å²) < 4.78 is 6.28. The van der Waals surface area contributed by atoms with E-state index in [1.807, 2.05) is 6.07 Å². The summed E-state index contributed by atoms with van der Waals surface area (Å²) in [5, 5.41) is 69.7. The number of amides is 11. The number of aliphatic hydroxyl groups excluding tert-OH is 1. The van der Waals surface area contributed by atoms with Gasteiger partial charge in [-0.2, -0.15) is 23.5 Å². The summed E-state index contributed by atoms with van der Waals surface area (Å²) in [6.07, 6.45) is 0.692. The Morgan fingerprint density at radius 2 is 1.20 bits per heavy atom. The van der Waals surface area contributed by atoms with Gasteiger partial charge in [-0.15, -0.1) is 0 Å². The van der Waals surface area contributed by atoms with E-state index in [-0.39, 0.29) is 92.9 Å². The minimum Gasteiger partial charge on any atom is -0.550 e. The number of hydrogen-bond donors (Lipinski definition) is 12. The Labute approximate surface area is 587 Å². The summed E-state index contributed by atoms with van der Waals surface area (Å²) in [6, 6.07) is -4.33. The number of primary amides is 1. The summed E-state index contributed by atoms with van der Waals surface area (Å²) in [5.74, 6) is -13.7.